The monoisotopic (exact) mass is 270 g/mol. The fourth-order valence-electron chi connectivity index (χ4n) is 2.34. The van der Waals surface area contributed by atoms with Gasteiger partial charge in [0.05, 0.1) is 18.9 Å². The number of hydrogen-bond donors (Lipinski definition) is 0. The minimum absolute atomic E-state index is 0.866. The predicted molar refractivity (Wildman–Crippen MR) is 76.9 cm³/mol. The number of nitrogens with zero attached hydrogens (tertiary/aromatic N) is 2. The molecule has 2 saturated heterocycles. The molecule has 17 heavy (non-hydrogen) atoms. The molecule has 0 saturated carbocycles. The van der Waals surface area contributed by atoms with Gasteiger partial charge in [-0.05, 0) is 11.4 Å². The fraction of sp³-hybridized carbons (Fsp3) is 0.667. The number of ether oxygens (including phenoxy) is 1. The highest BCUT2D eigenvalue weighted by molar-refractivity contribution is 7.99. The highest BCUT2D eigenvalue weighted by Gasteiger charge is 2.20. The Kier molecular flexibility index (Phi) is 3.78. The van der Waals surface area contributed by atoms with Gasteiger partial charge in [-0.25, -0.2) is 0 Å². The van der Waals surface area contributed by atoms with E-state index in [0.717, 1.165) is 26.3 Å². The molecule has 0 spiro atoms. The van der Waals surface area contributed by atoms with Crippen molar-refractivity contribution in [2.24, 2.45) is 0 Å². The van der Waals surface area contributed by atoms with Crippen LogP contribution in [-0.4, -0.2) is 50.9 Å². The van der Waals surface area contributed by atoms with Crippen molar-refractivity contribution in [1.82, 2.24) is 0 Å². The van der Waals surface area contributed by atoms with Crippen molar-refractivity contribution < 1.29 is 4.74 Å². The van der Waals surface area contributed by atoms with E-state index in [2.05, 4.69) is 33.0 Å². The van der Waals surface area contributed by atoms with E-state index < -0.39 is 0 Å². The molecule has 0 aliphatic carbocycles. The molecular formula is C12H18N2OS2. The maximum Gasteiger partial charge on any atom is 0.115 e. The third-order valence-corrected chi connectivity index (χ3v) is 5.18. The smallest absolute Gasteiger partial charge is 0.115 e. The zero-order valence-electron chi connectivity index (χ0n) is 9.93. The Bertz CT molecular complexity index is 325. The van der Waals surface area contributed by atoms with Gasteiger partial charge in [0.1, 0.15) is 5.00 Å². The van der Waals surface area contributed by atoms with Crippen molar-refractivity contribution in [3.8, 4) is 0 Å². The first-order valence-electron chi connectivity index (χ1n) is 6.18. The van der Waals surface area contributed by atoms with E-state index in [1.54, 1.807) is 0 Å². The summed E-state index contributed by atoms with van der Waals surface area (Å²) in [6.45, 7) is 6.19. The molecule has 2 aliphatic rings. The SMILES string of the molecule is c1cc(N2CCOCC2)c(N2CCSCC2)s1. The molecular weight excluding hydrogens is 252 g/mol. The van der Waals surface area contributed by atoms with E-state index in [1.165, 1.54) is 35.3 Å². The first kappa shape index (κ1) is 11.7. The quantitative estimate of drug-likeness (QED) is 0.818. The summed E-state index contributed by atoms with van der Waals surface area (Å²) in [5.74, 6) is 2.53. The molecule has 0 amide bonds. The maximum absolute atomic E-state index is 5.43. The normalized spacial score (nSPS) is 21.9. The lowest BCUT2D eigenvalue weighted by atomic mass is 10.3. The average molecular weight is 270 g/mol. The number of anilines is 2. The zero-order valence-corrected chi connectivity index (χ0v) is 11.6. The van der Waals surface area contributed by atoms with E-state index in [-0.39, 0.29) is 0 Å². The summed E-state index contributed by atoms with van der Waals surface area (Å²) < 4.78 is 5.43. The van der Waals surface area contributed by atoms with Gasteiger partial charge in [0, 0.05) is 37.7 Å². The summed E-state index contributed by atoms with van der Waals surface area (Å²) in [6.07, 6.45) is 0. The second-order valence-corrected chi connectivity index (χ2v) is 6.43. The van der Waals surface area contributed by atoms with Gasteiger partial charge in [0.2, 0.25) is 0 Å². The molecule has 3 heterocycles. The first-order valence-corrected chi connectivity index (χ1v) is 8.21. The molecule has 2 fully saturated rings. The lowest BCUT2D eigenvalue weighted by molar-refractivity contribution is 0.123. The van der Waals surface area contributed by atoms with Crippen LogP contribution in [0.5, 0.6) is 0 Å². The molecule has 3 nitrogen and oxygen atoms in total. The highest BCUT2D eigenvalue weighted by atomic mass is 32.2. The van der Waals surface area contributed by atoms with Gasteiger partial charge in [0.15, 0.2) is 0 Å². The van der Waals surface area contributed by atoms with Crippen LogP contribution < -0.4 is 9.80 Å². The standard InChI is InChI=1S/C12H18N2OS2/c1-8-17-12(14-4-9-16-10-5-14)11(1)13-2-6-15-7-3-13/h1,8H,2-7,9-10H2. The minimum Gasteiger partial charge on any atom is -0.378 e. The van der Waals surface area contributed by atoms with Crippen LogP contribution in [0.2, 0.25) is 0 Å². The molecule has 0 N–H and O–H groups in total. The van der Waals surface area contributed by atoms with Crippen molar-refractivity contribution in [3.63, 3.8) is 0 Å². The van der Waals surface area contributed by atoms with Crippen LogP contribution >= 0.6 is 23.1 Å². The lowest BCUT2D eigenvalue weighted by Gasteiger charge is -2.33. The Morgan fingerprint density at radius 1 is 1.00 bits per heavy atom. The van der Waals surface area contributed by atoms with E-state index in [1.807, 2.05) is 11.3 Å². The molecule has 2 aliphatic heterocycles. The number of thiophene rings is 1. The minimum atomic E-state index is 0.866. The predicted octanol–water partition coefficient (Wildman–Crippen LogP) is 2.14. The van der Waals surface area contributed by atoms with Gasteiger partial charge < -0.3 is 14.5 Å². The average Bonchev–Trinajstić information content (AvgIpc) is 2.90. The summed E-state index contributed by atoms with van der Waals surface area (Å²) in [4.78, 5) is 5.02. The van der Waals surface area contributed by atoms with Gasteiger partial charge in [-0.1, -0.05) is 0 Å². The number of rotatable bonds is 2. The molecule has 0 aromatic carbocycles. The second kappa shape index (κ2) is 5.50. The maximum atomic E-state index is 5.43. The highest BCUT2D eigenvalue weighted by Crippen LogP contribution is 2.36. The van der Waals surface area contributed by atoms with Crippen LogP contribution in [0.4, 0.5) is 10.7 Å². The van der Waals surface area contributed by atoms with Crippen LogP contribution in [0.15, 0.2) is 11.4 Å². The molecule has 0 radical (unpaired) electrons. The van der Waals surface area contributed by atoms with Gasteiger partial charge in [-0.15, -0.1) is 11.3 Å². The third kappa shape index (κ3) is 2.56. The van der Waals surface area contributed by atoms with Crippen molar-refractivity contribution in [1.29, 1.82) is 0 Å². The van der Waals surface area contributed by atoms with Crippen LogP contribution in [0.1, 0.15) is 0 Å². The summed E-state index contributed by atoms with van der Waals surface area (Å²) in [6, 6.07) is 2.27. The van der Waals surface area contributed by atoms with Crippen LogP contribution in [0, 0.1) is 0 Å². The Morgan fingerprint density at radius 2 is 1.76 bits per heavy atom. The van der Waals surface area contributed by atoms with Crippen molar-refractivity contribution in [3.05, 3.63) is 11.4 Å². The number of thioether (sulfide) groups is 1. The van der Waals surface area contributed by atoms with E-state index in [4.69, 9.17) is 4.74 Å². The van der Waals surface area contributed by atoms with Crippen molar-refractivity contribution in [2.45, 2.75) is 0 Å². The lowest BCUT2D eigenvalue weighted by Crippen LogP contribution is -2.38. The van der Waals surface area contributed by atoms with E-state index in [9.17, 15) is 0 Å². The Morgan fingerprint density at radius 3 is 2.53 bits per heavy atom. The number of hydrogen-bond acceptors (Lipinski definition) is 5. The van der Waals surface area contributed by atoms with Gasteiger partial charge >= 0.3 is 0 Å². The second-order valence-electron chi connectivity index (χ2n) is 4.31. The largest absolute Gasteiger partial charge is 0.378 e. The zero-order chi connectivity index (χ0) is 11.5. The van der Waals surface area contributed by atoms with Crippen LogP contribution in [0.3, 0.4) is 0 Å². The van der Waals surface area contributed by atoms with Gasteiger partial charge in [0.25, 0.3) is 0 Å². The third-order valence-electron chi connectivity index (χ3n) is 3.27. The topological polar surface area (TPSA) is 15.7 Å². The molecule has 3 rings (SSSR count). The van der Waals surface area contributed by atoms with Crippen molar-refractivity contribution >= 4 is 33.8 Å². The van der Waals surface area contributed by atoms with Gasteiger partial charge in [-0.2, -0.15) is 11.8 Å². The summed E-state index contributed by atoms with van der Waals surface area (Å²) in [5.41, 5.74) is 1.42. The molecule has 1 aromatic heterocycles. The number of morpholine rings is 1. The first-order chi connectivity index (χ1) is 8.45. The van der Waals surface area contributed by atoms with E-state index in [0.29, 0.717) is 0 Å². The Hall–Kier alpha value is -0.390. The van der Waals surface area contributed by atoms with Crippen LogP contribution in [0.25, 0.3) is 0 Å². The van der Waals surface area contributed by atoms with Crippen LogP contribution in [-0.2, 0) is 4.74 Å². The molecule has 0 atom stereocenters. The Balaban J connectivity index is 1.77. The molecule has 0 bridgehead atoms. The molecule has 5 heteroatoms. The van der Waals surface area contributed by atoms with E-state index >= 15 is 0 Å². The summed E-state index contributed by atoms with van der Waals surface area (Å²) in [5, 5.41) is 3.69. The molecule has 1 aromatic rings. The van der Waals surface area contributed by atoms with Gasteiger partial charge in [-0.3, -0.25) is 0 Å². The Labute approximate surface area is 111 Å². The molecule has 0 unspecified atom stereocenters. The summed E-state index contributed by atoms with van der Waals surface area (Å²) >= 11 is 3.95. The van der Waals surface area contributed by atoms with Crippen molar-refractivity contribution in [2.75, 3.05) is 60.7 Å². The fourth-order valence-corrected chi connectivity index (χ4v) is 4.22. The summed E-state index contributed by atoms with van der Waals surface area (Å²) in [7, 11) is 0. The molecule has 94 valence electrons.